The van der Waals surface area contributed by atoms with Crippen LogP contribution in [0.5, 0.6) is 11.5 Å². The van der Waals surface area contributed by atoms with Gasteiger partial charge >= 0.3 is 0 Å². The molecule has 0 heterocycles. The summed E-state index contributed by atoms with van der Waals surface area (Å²) in [5.41, 5.74) is 1.55. The molecule has 2 aromatic carbocycles. The lowest BCUT2D eigenvalue weighted by molar-refractivity contribution is -0.0122. The number of hydrogen-bond donors (Lipinski definition) is 2. The Morgan fingerprint density at radius 1 is 0.844 bits per heavy atom. The van der Waals surface area contributed by atoms with Crippen LogP contribution in [-0.4, -0.2) is 54.2 Å². The quantitative estimate of drug-likeness (QED) is 0.375. The Bertz CT molecular complexity index is 832. The zero-order valence-electron chi connectivity index (χ0n) is 18.8. The molecule has 0 saturated heterocycles. The Morgan fingerprint density at radius 2 is 1.41 bits per heavy atom. The minimum Gasteiger partial charge on any atom is -0.491 e. The van der Waals surface area contributed by atoms with Crippen LogP contribution < -0.4 is 9.47 Å². The van der Waals surface area contributed by atoms with Crippen molar-refractivity contribution in [2.75, 3.05) is 25.7 Å². The molecule has 32 heavy (non-hydrogen) atoms. The lowest BCUT2D eigenvalue weighted by Crippen LogP contribution is -2.25. The third-order valence-electron chi connectivity index (χ3n) is 4.96. The number of aliphatic hydroxyl groups excluding tert-OH is 2. The molecule has 0 radical (unpaired) electrons. The van der Waals surface area contributed by atoms with Gasteiger partial charge in [0.05, 0.1) is 28.6 Å². The standard InChI is InChI=1S/C24H31Cl3O5/c1-15(2)30-13-19(29)14-31-20-7-5-16(6-8-20)24(3,4)17-9-21(26)23(22(27)10-17)32-12-18(28)11-25/h5-10,15,18-19,28-29H,11-14H2,1-4H3/t18-,19?/m1/s1. The number of benzene rings is 2. The molecule has 0 fully saturated rings. The first-order valence-corrected chi connectivity index (χ1v) is 11.7. The summed E-state index contributed by atoms with van der Waals surface area (Å²) in [5.74, 6) is 1.04. The van der Waals surface area contributed by atoms with E-state index < -0.39 is 17.6 Å². The number of hydrogen-bond acceptors (Lipinski definition) is 5. The van der Waals surface area contributed by atoms with E-state index in [-0.39, 0.29) is 31.8 Å². The van der Waals surface area contributed by atoms with Crippen molar-refractivity contribution >= 4 is 34.8 Å². The van der Waals surface area contributed by atoms with Gasteiger partial charge in [-0.15, -0.1) is 11.6 Å². The van der Waals surface area contributed by atoms with Gasteiger partial charge in [0.1, 0.15) is 31.2 Å². The second kappa shape index (κ2) is 12.3. The molecule has 1 unspecified atom stereocenters. The minimum atomic E-state index is -0.801. The maximum absolute atomic E-state index is 9.94. The van der Waals surface area contributed by atoms with Crippen molar-refractivity contribution in [3.8, 4) is 11.5 Å². The van der Waals surface area contributed by atoms with Gasteiger partial charge in [-0.3, -0.25) is 0 Å². The second-order valence-electron chi connectivity index (χ2n) is 8.38. The fourth-order valence-corrected chi connectivity index (χ4v) is 3.65. The van der Waals surface area contributed by atoms with E-state index in [0.717, 1.165) is 11.1 Å². The zero-order valence-corrected chi connectivity index (χ0v) is 21.0. The van der Waals surface area contributed by atoms with E-state index in [4.69, 9.17) is 49.0 Å². The Labute approximate surface area is 205 Å². The summed E-state index contributed by atoms with van der Waals surface area (Å²) >= 11 is 18.4. The summed E-state index contributed by atoms with van der Waals surface area (Å²) in [6.07, 6.45) is -1.43. The normalized spacial score (nSPS) is 13.8. The van der Waals surface area contributed by atoms with Crippen molar-refractivity contribution in [2.45, 2.75) is 51.4 Å². The molecule has 2 aromatic rings. The first-order valence-electron chi connectivity index (χ1n) is 10.4. The molecule has 0 bridgehead atoms. The molecule has 0 aliphatic heterocycles. The molecular weight excluding hydrogens is 475 g/mol. The minimum absolute atomic E-state index is 0.00539. The Morgan fingerprint density at radius 3 is 1.94 bits per heavy atom. The van der Waals surface area contributed by atoms with Crippen molar-refractivity contribution in [3.05, 3.63) is 57.6 Å². The topological polar surface area (TPSA) is 68.2 Å². The fraction of sp³-hybridized carbons (Fsp3) is 0.500. The molecule has 0 amide bonds. The predicted molar refractivity (Wildman–Crippen MR) is 130 cm³/mol. The molecule has 2 rings (SSSR count). The second-order valence-corrected chi connectivity index (χ2v) is 9.51. The van der Waals surface area contributed by atoms with Crippen molar-refractivity contribution in [1.82, 2.24) is 0 Å². The van der Waals surface area contributed by atoms with E-state index in [1.807, 2.05) is 50.2 Å². The summed E-state index contributed by atoms with van der Waals surface area (Å²) < 4.78 is 16.6. The summed E-state index contributed by atoms with van der Waals surface area (Å²) in [6.45, 7) is 8.36. The predicted octanol–water partition coefficient (Wildman–Crippen LogP) is 5.46. The van der Waals surface area contributed by atoms with Crippen LogP contribution in [0.3, 0.4) is 0 Å². The van der Waals surface area contributed by atoms with Crippen LogP contribution in [0.15, 0.2) is 36.4 Å². The number of ether oxygens (including phenoxy) is 3. The highest BCUT2D eigenvalue weighted by atomic mass is 35.5. The van der Waals surface area contributed by atoms with Gasteiger partial charge in [-0.25, -0.2) is 0 Å². The van der Waals surface area contributed by atoms with Gasteiger partial charge in [0, 0.05) is 5.41 Å². The highest BCUT2D eigenvalue weighted by Crippen LogP contribution is 2.40. The molecule has 178 valence electrons. The SMILES string of the molecule is CC(C)OCC(O)COc1ccc(C(C)(C)c2cc(Cl)c(OC[C@H](O)CCl)c(Cl)c2)cc1. The molecule has 0 spiro atoms. The van der Waals surface area contributed by atoms with Gasteiger partial charge in [-0.05, 0) is 49.2 Å². The van der Waals surface area contributed by atoms with Crippen molar-refractivity contribution in [3.63, 3.8) is 0 Å². The van der Waals surface area contributed by atoms with Gasteiger partial charge in [0.2, 0.25) is 0 Å². The first-order chi connectivity index (χ1) is 15.0. The lowest BCUT2D eigenvalue weighted by atomic mass is 9.78. The van der Waals surface area contributed by atoms with Gasteiger partial charge < -0.3 is 24.4 Å². The van der Waals surface area contributed by atoms with Crippen LogP contribution in [0.25, 0.3) is 0 Å². The van der Waals surface area contributed by atoms with E-state index in [0.29, 0.717) is 21.5 Å². The van der Waals surface area contributed by atoms with Crippen LogP contribution in [0.2, 0.25) is 10.0 Å². The molecule has 2 atom stereocenters. The average Bonchev–Trinajstić information content (AvgIpc) is 2.75. The Balaban J connectivity index is 2.09. The highest BCUT2D eigenvalue weighted by molar-refractivity contribution is 6.37. The maximum atomic E-state index is 9.94. The third-order valence-corrected chi connectivity index (χ3v) is 5.88. The van der Waals surface area contributed by atoms with Crippen molar-refractivity contribution in [2.24, 2.45) is 0 Å². The average molecular weight is 506 g/mol. The summed E-state index contributed by atoms with van der Waals surface area (Å²) in [6, 6.07) is 11.3. The van der Waals surface area contributed by atoms with Crippen LogP contribution in [0.1, 0.15) is 38.8 Å². The smallest absolute Gasteiger partial charge is 0.156 e. The molecular formula is C24H31Cl3O5. The molecule has 0 aliphatic rings. The number of halogens is 3. The van der Waals surface area contributed by atoms with E-state index in [9.17, 15) is 10.2 Å². The van der Waals surface area contributed by atoms with Gasteiger partial charge in [-0.1, -0.05) is 49.2 Å². The van der Waals surface area contributed by atoms with Crippen LogP contribution in [0.4, 0.5) is 0 Å². The van der Waals surface area contributed by atoms with Gasteiger partial charge in [-0.2, -0.15) is 0 Å². The van der Waals surface area contributed by atoms with E-state index >= 15 is 0 Å². The summed E-state index contributed by atoms with van der Waals surface area (Å²) in [4.78, 5) is 0. The van der Waals surface area contributed by atoms with Gasteiger partial charge in [0.25, 0.3) is 0 Å². The van der Waals surface area contributed by atoms with E-state index in [2.05, 4.69) is 13.8 Å². The molecule has 5 nitrogen and oxygen atoms in total. The van der Waals surface area contributed by atoms with Crippen LogP contribution in [0, 0.1) is 0 Å². The van der Waals surface area contributed by atoms with Gasteiger partial charge in [0.15, 0.2) is 5.75 Å². The molecule has 8 heteroatoms. The fourth-order valence-electron chi connectivity index (χ4n) is 2.96. The Kier molecular flexibility index (Phi) is 10.4. The largest absolute Gasteiger partial charge is 0.491 e. The van der Waals surface area contributed by atoms with Crippen LogP contribution in [-0.2, 0) is 10.2 Å². The highest BCUT2D eigenvalue weighted by Gasteiger charge is 2.26. The molecule has 0 saturated carbocycles. The van der Waals surface area contributed by atoms with Crippen LogP contribution >= 0.6 is 34.8 Å². The van der Waals surface area contributed by atoms with Crippen molar-refractivity contribution in [1.29, 1.82) is 0 Å². The number of rotatable bonds is 12. The Hall–Kier alpha value is -1.21. The molecule has 0 aromatic heterocycles. The van der Waals surface area contributed by atoms with Crippen molar-refractivity contribution < 1.29 is 24.4 Å². The zero-order chi connectivity index (χ0) is 23.9. The molecule has 0 aliphatic carbocycles. The third kappa shape index (κ3) is 7.68. The monoisotopic (exact) mass is 504 g/mol. The number of alkyl halides is 1. The maximum Gasteiger partial charge on any atom is 0.156 e. The summed E-state index contributed by atoms with van der Waals surface area (Å²) in [5, 5.41) is 20.3. The summed E-state index contributed by atoms with van der Waals surface area (Å²) in [7, 11) is 0. The first kappa shape index (κ1) is 27.0. The van der Waals surface area contributed by atoms with E-state index in [1.54, 1.807) is 0 Å². The number of aliphatic hydroxyl groups is 2. The molecule has 2 N–H and O–H groups in total. The lowest BCUT2D eigenvalue weighted by Gasteiger charge is -2.27. The van der Waals surface area contributed by atoms with E-state index in [1.165, 1.54) is 0 Å².